The molecule has 0 radical (unpaired) electrons. The number of hydrogen-bond acceptors (Lipinski definition) is 4. The van der Waals surface area contributed by atoms with Gasteiger partial charge in [0, 0.05) is 26.0 Å². The third kappa shape index (κ3) is 6.44. The van der Waals surface area contributed by atoms with E-state index in [0.29, 0.717) is 24.0 Å². The normalized spacial score (nSPS) is 13.7. The van der Waals surface area contributed by atoms with Crippen LogP contribution in [0.3, 0.4) is 0 Å². The number of methoxy groups -OCH3 is 1. The molecule has 124 valence electrons. The zero-order chi connectivity index (χ0) is 16.6. The van der Waals surface area contributed by atoms with Gasteiger partial charge in [-0.3, -0.25) is 0 Å². The highest BCUT2D eigenvalue weighted by Crippen LogP contribution is 2.10. The molecule has 1 aromatic carbocycles. The molecule has 0 amide bonds. The van der Waals surface area contributed by atoms with Crippen molar-refractivity contribution in [1.29, 1.82) is 0 Å². The first kappa shape index (κ1) is 18.4. The smallest absolute Gasteiger partial charge is 0.191 e. The maximum absolute atomic E-state index is 11.4. The fourth-order valence-electron chi connectivity index (χ4n) is 1.86. The van der Waals surface area contributed by atoms with Crippen LogP contribution in [-0.4, -0.2) is 46.9 Å². The van der Waals surface area contributed by atoms with E-state index in [2.05, 4.69) is 15.6 Å². The van der Waals surface area contributed by atoms with Gasteiger partial charge in [-0.2, -0.15) is 0 Å². The molecule has 0 aromatic heterocycles. The zero-order valence-electron chi connectivity index (χ0n) is 13.6. The van der Waals surface area contributed by atoms with Gasteiger partial charge in [-0.05, 0) is 31.5 Å². The fraction of sp³-hybridized carbons (Fsp3) is 0.533. The van der Waals surface area contributed by atoms with Crippen molar-refractivity contribution in [2.75, 3.05) is 26.5 Å². The number of aliphatic imine (C=N–C) groups is 1. The van der Waals surface area contributed by atoms with E-state index in [1.807, 2.05) is 13.8 Å². The molecule has 1 rings (SSSR count). The summed E-state index contributed by atoms with van der Waals surface area (Å²) in [6.07, 6.45) is 1.20. The quantitative estimate of drug-likeness (QED) is 0.581. The summed E-state index contributed by atoms with van der Waals surface area (Å²) in [7, 11) is -1.50. The Bertz CT molecular complexity index is 583. The lowest BCUT2D eigenvalue weighted by Crippen LogP contribution is -2.43. The summed E-state index contributed by atoms with van der Waals surface area (Å²) in [6, 6.07) is 6.92. The lowest BCUT2D eigenvalue weighted by Gasteiger charge is -2.17. The Morgan fingerprint density at radius 3 is 2.45 bits per heavy atom. The summed E-state index contributed by atoms with van der Waals surface area (Å²) in [6.45, 7) is 5.83. The van der Waals surface area contributed by atoms with Gasteiger partial charge in [0.25, 0.3) is 0 Å². The van der Waals surface area contributed by atoms with E-state index in [0.717, 1.165) is 12.1 Å². The minimum atomic E-state index is -3.16. The van der Waals surface area contributed by atoms with E-state index < -0.39 is 9.84 Å². The van der Waals surface area contributed by atoms with E-state index in [4.69, 9.17) is 4.74 Å². The maximum Gasteiger partial charge on any atom is 0.191 e. The molecule has 6 nitrogen and oxygen atoms in total. The topological polar surface area (TPSA) is 79.8 Å². The van der Waals surface area contributed by atoms with Crippen LogP contribution in [0.2, 0.25) is 0 Å². The number of sulfone groups is 1. The first-order chi connectivity index (χ1) is 10.4. The highest BCUT2D eigenvalue weighted by molar-refractivity contribution is 7.90. The number of rotatable bonds is 7. The van der Waals surface area contributed by atoms with Crippen LogP contribution in [0, 0.1) is 0 Å². The number of hydrogen-bond donors (Lipinski definition) is 2. The molecule has 1 atom stereocenters. The van der Waals surface area contributed by atoms with E-state index >= 15 is 0 Å². The van der Waals surface area contributed by atoms with Crippen molar-refractivity contribution >= 4 is 15.8 Å². The molecule has 0 saturated carbocycles. The number of nitrogens with zero attached hydrogens (tertiary/aromatic N) is 1. The Morgan fingerprint density at radius 2 is 1.95 bits per heavy atom. The van der Waals surface area contributed by atoms with Crippen molar-refractivity contribution in [2.24, 2.45) is 4.99 Å². The first-order valence-corrected chi connectivity index (χ1v) is 9.08. The van der Waals surface area contributed by atoms with Crippen LogP contribution in [0.25, 0.3) is 0 Å². The number of benzene rings is 1. The number of ether oxygens (including phenoxy) is 1. The van der Waals surface area contributed by atoms with Crippen molar-refractivity contribution in [3.63, 3.8) is 0 Å². The third-order valence-corrected chi connectivity index (χ3v) is 4.04. The molecule has 0 saturated heterocycles. The predicted molar refractivity (Wildman–Crippen MR) is 88.8 cm³/mol. The SMILES string of the molecule is CCNC(=NCc1ccc(S(C)(=O)=O)cc1)NC(C)COC. The molecule has 0 bridgehead atoms. The standard InChI is InChI=1S/C15H25N3O3S/c1-5-16-15(18-12(2)11-21-3)17-10-13-6-8-14(9-7-13)22(4,19)20/h6-9,12H,5,10-11H2,1-4H3,(H2,16,17,18). The van der Waals surface area contributed by atoms with Crippen LogP contribution in [-0.2, 0) is 21.1 Å². The van der Waals surface area contributed by atoms with Gasteiger partial charge >= 0.3 is 0 Å². The lowest BCUT2D eigenvalue weighted by molar-refractivity contribution is 0.179. The first-order valence-electron chi connectivity index (χ1n) is 7.19. The van der Waals surface area contributed by atoms with Crippen LogP contribution in [0.4, 0.5) is 0 Å². The van der Waals surface area contributed by atoms with Crippen LogP contribution < -0.4 is 10.6 Å². The Hall–Kier alpha value is -1.60. The largest absolute Gasteiger partial charge is 0.383 e. The molecular formula is C15H25N3O3S. The predicted octanol–water partition coefficient (Wildman–Crippen LogP) is 1.18. The van der Waals surface area contributed by atoms with Crippen molar-refractivity contribution in [2.45, 2.75) is 31.3 Å². The van der Waals surface area contributed by atoms with E-state index in [1.54, 1.807) is 31.4 Å². The average Bonchev–Trinajstić information content (AvgIpc) is 2.45. The van der Waals surface area contributed by atoms with Crippen molar-refractivity contribution in [3.8, 4) is 0 Å². The molecule has 22 heavy (non-hydrogen) atoms. The van der Waals surface area contributed by atoms with Gasteiger partial charge in [-0.1, -0.05) is 12.1 Å². The Kier molecular flexibility index (Phi) is 7.34. The average molecular weight is 327 g/mol. The van der Waals surface area contributed by atoms with Crippen molar-refractivity contribution in [3.05, 3.63) is 29.8 Å². The van der Waals surface area contributed by atoms with E-state index in [-0.39, 0.29) is 6.04 Å². The van der Waals surface area contributed by atoms with Crippen molar-refractivity contribution < 1.29 is 13.2 Å². The van der Waals surface area contributed by atoms with Gasteiger partial charge in [0.1, 0.15) is 0 Å². The maximum atomic E-state index is 11.4. The van der Waals surface area contributed by atoms with Gasteiger partial charge in [-0.15, -0.1) is 0 Å². The molecule has 0 aliphatic carbocycles. The zero-order valence-corrected chi connectivity index (χ0v) is 14.4. The summed E-state index contributed by atoms with van der Waals surface area (Å²) < 4.78 is 27.9. The second-order valence-corrected chi connectivity index (χ2v) is 7.13. The number of nitrogens with one attached hydrogen (secondary N) is 2. The summed E-state index contributed by atoms with van der Waals surface area (Å²) in [4.78, 5) is 4.81. The van der Waals surface area contributed by atoms with Crippen LogP contribution in [0.15, 0.2) is 34.2 Å². The minimum absolute atomic E-state index is 0.149. The molecule has 0 aliphatic heterocycles. The Labute approximate surface area is 132 Å². The molecule has 0 spiro atoms. The summed E-state index contributed by atoms with van der Waals surface area (Å²) in [5.74, 6) is 0.708. The molecular weight excluding hydrogens is 302 g/mol. The summed E-state index contributed by atoms with van der Waals surface area (Å²) in [5, 5.41) is 6.41. The number of guanidine groups is 1. The second-order valence-electron chi connectivity index (χ2n) is 5.11. The Balaban J connectivity index is 2.73. The third-order valence-electron chi connectivity index (χ3n) is 2.92. The fourth-order valence-corrected chi connectivity index (χ4v) is 2.49. The molecule has 0 fully saturated rings. The summed E-state index contributed by atoms with van der Waals surface area (Å²) in [5.41, 5.74) is 0.948. The molecule has 7 heteroatoms. The Morgan fingerprint density at radius 1 is 1.32 bits per heavy atom. The second kappa shape index (κ2) is 8.75. The van der Waals surface area contributed by atoms with Crippen LogP contribution >= 0.6 is 0 Å². The van der Waals surface area contributed by atoms with E-state index in [9.17, 15) is 8.42 Å². The molecule has 2 N–H and O–H groups in total. The summed E-state index contributed by atoms with van der Waals surface area (Å²) >= 11 is 0. The highest BCUT2D eigenvalue weighted by Gasteiger charge is 2.07. The van der Waals surface area contributed by atoms with Crippen molar-refractivity contribution in [1.82, 2.24) is 10.6 Å². The van der Waals surface area contributed by atoms with Crippen LogP contribution in [0.5, 0.6) is 0 Å². The van der Waals surface area contributed by atoms with Crippen LogP contribution in [0.1, 0.15) is 19.4 Å². The van der Waals surface area contributed by atoms with E-state index in [1.165, 1.54) is 6.26 Å². The molecule has 0 aliphatic rings. The molecule has 1 aromatic rings. The van der Waals surface area contributed by atoms with Gasteiger partial charge < -0.3 is 15.4 Å². The highest BCUT2D eigenvalue weighted by atomic mass is 32.2. The monoisotopic (exact) mass is 327 g/mol. The minimum Gasteiger partial charge on any atom is -0.383 e. The van der Waals surface area contributed by atoms with Gasteiger partial charge in [-0.25, -0.2) is 13.4 Å². The molecule has 0 heterocycles. The lowest BCUT2D eigenvalue weighted by atomic mass is 10.2. The van der Waals surface area contributed by atoms with Gasteiger partial charge in [0.2, 0.25) is 0 Å². The molecule has 1 unspecified atom stereocenters. The van der Waals surface area contributed by atoms with Gasteiger partial charge in [0.05, 0.1) is 18.0 Å². The van der Waals surface area contributed by atoms with Gasteiger partial charge in [0.15, 0.2) is 15.8 Å².